The van der Waals surface area contributed by atoms with Gasteiger partial charge < -0.3 is 0 Å². The van der Waals surface area contributed by atoms with Crippen molar-refractivity contribution in [3.05, 3.63) is 0 Å². The molecule has 0 radical (unpaired) electrons. The molecule has 1 rings (SSSR count). The third kappa shape index (κ3) is 1.43. The minimum absolute atomic E-state index is 0.218. The molecule has 0 aromatic heterocycles. The van der Waals surface area contributed by atoms with Gasteiger partial charge in [0.05, 0.1) is 0 Å². The quantitative estimate of drug-likeness (QED) is 0.527. The first-order valence-electron chi connectivity index (χ1n) is 2.90. The highest BCUT2D eigenvalue weighted by Crippen LogP contribution is 2.27. The molecule has 54 valence electrons. The summed E-state index contributed by atoms with van der Waals surface area (Å²) >= 11 is 0. The molecule has 0 bridgehead atoms. The van der Waals surface area contributed by atoms with Crippen LogP contribution in [0.15, 0.2) is 0 Å². The third-order valence-corrected chi connectivity index (χ3v) is 2.20. The normalized spacial score (nSPS) is 26.1. The molecule has 1 heterocycles. The monoisotopic (exact) mass is 149 g/mol. The molecule has 1 aliphatic heterocycles. The zero-order valence-corrected chi connectivity index (χ0v) is 6.52. The average molecular weight is 149 g/mol. The van der Waals surface area contributed by atoms with E-state index in [1.165, 1.54) is 4.31 Å². The summed E-state index contributed by atoms with van der Waals surface area (Å²) in [6.45, 7) is 5.49. The summed E-state index contributed by atoms with van der Waals surface area (Å²) in [6.07, 6.45) is 0. The topological polar surface area (TPSA) is 37.4 Å². The Kier molecular flexibility index (Phi) is 1.52. The molecule has 0 aromatic rings. The van der Waals surface area contributed by atoms with Crippen molar-refractivity contribution in [2.45, 2.75) is 13.8 Å². The number of hydrogen-bond acceptors (Lipinski definition) is 2. The van der Waals surface area contributed by atoms with Crippen LogP contribution in [0, 0.1) is 5.41 Å². The Hall–Kier alpha value is -0.0900. The van der Waals surface area contributed by atoms with Crippen LogP contribution in [0.2, 0.25) is 0 Å². The molecule has 1 saturated heterocycles. The van der Waals surface area contributed by atoms with Gasteiger partial charge in [0.2, 0.25) is 10.9 Å². The van der Waals surface area contributed by atoms with Crippen molar-refractivity contribution in [2.75, 3.05) is 13.1 Å². The van der Waals surface area contributed by atoms with Crippen molar-refractivity contribution in [1.82, 2.24) is 4.31 Å². The van der Waals surface area contributed by atoms with E-state index in [0.29, 0.717) is 13.1 Å². The van der Waals surface area contributed by atoms with Crippen molar-refractivity contribution >= 4 is 10.9 Å². The lowest BCUT2D eigenvalue weighted by Crippen LogP contribution is -2.51. The van der Waals surface area contributed by atoms with E-state index >= 15 is 0 Å². The van der Waals surface area contributed by atoms with Crippen molar-refractivity contribution in [2.24, 2.45) is 5.41 Å². The molecule has 1 fully saturated rings. The van der Waals surface area contributed by atoms with Gasteiger partial charge in [-0.15, -0.1) is 0 Å². The largest absolute Gasteiger partial charge is 0.215 e. The molecule has 0 atom stereocenters. The molecule has 0 N–H and O–H groups in total. The lowest BCUT2D eigenvalue weighted by atomic mass is 9.87. The van der Waals surface area contributed by atoms with Gasteiger partial charge in [0.1, 0.15) is 0 Å². The number of thiol groups is 1. The van der Waals surface area contributed by atoms with Crippen LogP contribution < -0.4 is 0 Å². The van der Waals surface area contributed by atoms with Gasteiger partial charge in [-0.2, -0.15) is 0 Å². The molecule has 0 aliphatic carbocycles. The van der Waals surface area contributed by atoms with E-state index in [-0.39, 0.29) is 5.41 Å². The van der Waals surface area contributed by atoms with Gasteiger partial charge >= 0.3 is 0 Å². The van der Waals surface area contributed by atoms with E-state index < -0.39 is 10.9 Å². The highest BCUT2D eigenvalue weighted by atomic mass is 32.2. The highest BCUT2D eigenvalue weighted by Gasteiger charge is 2.35. The van der Waals surface area contributed by atoms with Gasteiger partial charge in [-0.3, -0.25) is 0 Å². The molecule has 0 unspecified atom stereocenters. The van der Waals surface area contributed by atoms with Crippen LogP contribution in [0.3, 0.4) is 0 Å². The van der Waals surface area contributed by atoms with E-state index in [1.807, 2.05) is 0 Å². The lowest BCUT2D eigenvalue weighted by Gasteiger charge is -2.41. The van der Waals surface area contributed by atoms with Crippen molar-refractivity contribution in [3.8, 4) is 0 Å². The fourth-order valence-electron chi connectivity index (χ4n) is 1.06. The first-order chi connectivity index (χ1) is 4.01. The summed E-state index contributed by atoms with van der Waals surface area (Å²) in [7, 11) is -2.30. The van der Waals surface area contributed by atoms with Crippen molar-refractivity contribution in [1.29, 1.82) is 0 Å². The minimum atomic E-state index is -2.30. The van der Waals surface area contributed by atoms with Crippen molar-refractivity contribution < 1.29 is 8.42 Å². The second kappa shape index (κ2) is 1.95. The molecule has 1 aliphatic rings. The Bertz CT molecular complexity index is 169. The van der Waals surface area contributed by atoms with E-state index in [9.17, 15) is 8.42 Å². The predicted octanol–water partition coefficient (Wildman–Crippen LogP) is -0.145. The number of nitrogens with zero attached hydrogens (tertiary/aromatic N) is 1. The molecule has 3 nitrogen and oxygen atoms in total. The van der Waals surface area contributed by atoms with Crippen LogP contribution in [0.1, 0.15) is 13.8 Å². The molecule has 4 heteroatoms. The fraction of sp³-hybridized carbons (Fsp3) is 1.00. The summed E-state index contributed by atoms with van der Waals surface area (Å²) in [5.74, 6) is 0. The molecule has 0 amide bonds. The van der Waals surface area contributed by atoms with Gasteiger partial charge in [-0.1, -0.05) is 13.8 Å². The van der Waals surface area contributed by atoms with Crippen LogP contribution >= 0.6 is 0 Å². The smallest absolute Gasteiger partial charge is 0.203 e. The van der Waals surface area contributed by atoms with Crippen LogP contribution in [0.4, 0.5) is 0 Å². The lowest BCUT2D eigenvalue weighted by molar-refractivity contribution is 0.115. The van der Waals surface area contributed by atoms with Crippen LogP contribution in [0.5, 0.6) is 0 Å². The van der Waals surface area contributed by atoms with Crippen LogP contribution in [-0.2, 0) is 10.9 Å². The van der Waals surface area contributed by atoms with E-state index in [1.54, 1.807) is 0 Å². The predicted molar refractivity (Wildman–Crippen MR) is 35.7 cm³/mol. The molecule has 0 aromatic carbocycles. The van der Waals surface area contributed by atoms with Crippen LogP contribution in [-0.4, -0.2) is 25.8 Å². The molecule has 0 saturated carbocycles. The van der Waals surface area contributed by atoms with Crippen LogP contribution in [0.25, 0.3) is 0 Å². The Morgan fingerprint density at radius 2 is 1.78 bits per heavy atom. The second-order valence-electron chi connectivity index (χ2n) is 3.22. The third-order valence-electron chi connectivity index (χ3n) is 1.45. The Morgan fingerprint density at radius 1 is 1.33 bits per heavy atom. The van der Waals surface area contributed by atoms with E-state index in [2.05, 4.69) is 13.8 Å². The first-order valence-corrected chi connectivity index (χ1v) is 4.04. The zero-order chi connectivity index (χ0) is 7.07. The highest BCUT2D eigenvalue weighted by molar-refractivity contribution is 7.69. The van der Waals surface area contributed by atoms with E-state index in [0.717, 1.165) is 0 Å². The van der Waals surface area contributed by atoms with Gasteiger partial charge in [0, 0.05) is 13.1 Å². The summed E-state index contributed by atoms with van der Waals surface area (Å²) in [6, 6.07) is 0. The maximum absolute atomic E-state index is 10.2. The van der Waals surface area contributed by atoms with Gasteiger partial charge in [0.25, 0.3) is 0 Å². The maximum Gasteiger partial charge on any atom is 0.203 e. The number of hydrogen-bond donors (Lipinski definition) is 1. The standard InChI is InChI=1S/C5H11NO2S/c1-5(2)3-6(4-5)9(7)8/h9H,3-4H2,1-2H3. The molecule has 0 spiro atoms. The summed E-state index contributed by atoms with van der Waals surface area (Å²) in [5.41, 5.74) is 0.218. The van der Waals surface area contributed by atoms with Crippen molar-refractivity contribution in [3.63, 3.8) is 0 Å². The summed E-state index contributed by atoms with van der Waals surface area (Å²) in [5, 5.41) is 0. The molecule has 9 heavy (non-hydrogen) atoms. The maximum atomic E-state index is 10.2. The Labute approximate surface area is 56.7 Å². The minimum Gasteiger partial charge on any atom is -0.215 e. The van der Waals surface area contributed by atoms with Gasteiger partial charge in [-0.05, 0) is 5.41 Å². The molecular formula is C5H11NO2S. The summed E-state index contributed by atoms with van der Waals surface area (Å²) < 4.78 is 21.9. The number of rotatable bonds is 1. The average Bonchev–Trinajstić information content (AvgIpc) is 1.59. The SMILES string of the molecule is CC1(C)CN([SH](=O)=O)C1. The van der Waals surface area contributed by atoms with Gasteiger partial charge in [-0.25, -0.2) is 12.7 Å². The summed E-state index contributed by atoms with van der Waals surface area (Å²) in [4.78, 5) is 0. The van der Waals surface area contributed by atoms with E-state index in [4.69, 9.17) is 0 Å². The molecular weight excluding hydrogens is 138 g/mol. The Morgan fingerprint density at radius 3 is 1.89 bits per heavy atom. The second-order valence-corrected chi connectivity index (χ2v) is 4.27. The Balaban J connectivity index is 2.44. The van der Waals surface area contributed by atoms with Gasteiger partial charge in [0.15, 0.2) is 0 Å². The zero-order valence-electron chi connectivity index (χ0n) is 5.63. The fourth-order valence-corrected chi connectivity index (χ4v) is 2.05. The first kappa shape index (κ1) is 7.02.